The highest BCUT2D eigenvalue weighted by Crippen LogP contribution is 2.31. The number of pyridine rings is 1. The van der Waals surface area contributed by atoms with Crippen LogP contribution in [0.3, 0.4) is 0 Å². The lowest BCUT2D eigenvalue weighted by atomic mass is 9.87. The summed E-state index contributed by atoms with van der Waals surface area (Å²) in [5.74, 6) is -0.760. The van der Waals surface area contributed by atoms with E-state index >= 15 is 0 Å². The third-order valence-electron chi connectivity index (χ3n) is 5.78. The summed E-state index contributed by atoms with van der Waals surface area (Å²) in [4.78, 5) is 19.6. The maximum atomic E-state index is 13.6. The van der Waals surface area contributed by atoms with Crippen molar-refractivity contribution in [3.8, 4) is 0 Å². The largest absolute Gasteiger partial charge is 0.343 e. The molecule has 1 saturated heterocycles. The zero-order valence-electron chi connectivity index (χ0n) is 17.2. The average molecular weight is 421 g/mol. The monoisotopic (exact) mass is 421 g/mol. The van der Waals surface area contributed by atoms with Crippen molar-refractivity contribution in [2.75, 3.05) is 13.1 Å². The van der Waals surface area contributed by atoms with E-state index in [9.17, 15) is 13.6 Å². The number of likely N-dealkylation sites (tertiary alicyclic amines) is 1. The molecule has 1 fully saturated rings. The Morgan fingerprint density at radius 1 is 1.00 bits per heavy atom. The lowest BCUT2D eigenvalue weighted by molar-refractivity contribution is 0.0888. The molecule has 2 aromatic carbocycles. The highest BCUT2D eigenvalue weighted by atomic mass is 19.1. The van der Waals surface area contributed by atoms with Gasteiger partial charge in [0.1, 0.15) is 11.6 Å². The van der Waals surface area contributed by atoms with Crippen LogP contribution in [0.25, 0.3) is 0 Å². The Bertz CT molecular complexity index is 1020. The molecule has 0 saturated carbocycles. The minimum Gasteiger partial charge on any atom is -0.343 e. The summed E-state index contributed by atoms with van der Waals surface area (Å²) in [6, 6.07) is 17.8. The molecule has 0 aliphatic carbocycles. The number of carbonyl (C=O) groups excluding carboxylic acids is 1. The molecule has 1 aliphatic heterocycles. The Morgan fingerprint density at radius 3 is 2.42 bits per heavy atom. The second-order valence-corrected chi connectivity index (χ2v) is 7.96. The summed E-state index contributed by atoms with van der Waals surface area (Å²) in [6.45, 7) is 2.40. The van der Waals surface area contributed by atoms with E-state index in [1.165, 1.54) is 24.3 Å². The molecule has 31 heavy (non-hydrogen) atoms. The van der Waals surface area contributed by atoms with Crippen molar-refractivity contribution in [3.63, 3.8) is 0 Å². The molecule has 0 radical (unpaired) electrons. The molecule has 0 unspecified atom stereocenters. The van der Waals surface area contributed by atoms with E-state index in [1.807, 2.05) is 24.3 Å². The molecule has 1 aromatic heterocycles. The van der Waals surface area contributed by atoms with Gasteiger partial charge in [-0.3, -0.25) is 14.7 Å². The Morgan fingerprint density at radius 2 is 1.74 bits per heavy atom. The number of hydrogen-bond donors (Lipinski definition) is 1. The summed E-state index contributed by atoms with van der Waals surface area (Å²) >= 11 is 0. The Labute approximate surface area is 180 Å². The third kappa shape index (κ3) is 5.52. The molecule has 3 aromatic rings. The summed E-state index contributed by atoms with van der Waals surface area (Å²) < 4.78 is 27.0. The number of amides is 1. The van der Waals surface area contributed by atoms with Gasteiger partial charge in [0, 0.05) is 18.3 Å². The fourth-order valence-electron chi connectivity index (χ4n) is 4.19. The summed E-state index contributed by atoms with van der Waals surface area (Å²) in [7, 11) is 0. The molecule has 2 heterocycles. The number of rotatable bonds is 6. The number of nitrogens with zero attached hydrogens (tertiary/aromatic N) is 2. The van der Waals surface area contributed by atoms with Crippen LogP contribution < -0.4 is 5.32 Å². The highest BCUT2D eigenvalue weighted by molar-refractivity contribution is 5.94. The van der Waals surface area contributed by atoms with Crippen LogP contribution in [0.1, 0.15) is 40.5 Å². The number of halogens is 2. The summed E-state index contributed by atoms with van der Waals surface area (Å²) in [5, 5.41) is 3.08. The number of nitrogens with one attached hydrogen (secondary N) is 1. The highest BCUT2D eigenvalue weighted by Gasteiger charge is 2.30. The van der Waals surface area contributed by atoms with Gasteiger partial charge in [0.25, 0.3) is 5.91 Å². The van der Waals surface area contributed by atoms with Crippen molar-refractivity contribution in [2.24, 2.45) is 5.92 Å². The second-order valence-electron chi connectivity index (χ2n) is 7.96. The van der Waals surface area contributed by atoms with Gasteiger partial charge in [-0.25, -0.2) is 8.78 Å². The first-order chi connectivity index (χ1) is 15.1. The van der Waals surface area contributed by atoms with Crippen LogP contribution in [0, 0.1) is 17.6 Å². The standard InChI is InChI=1S/C25H25F2N3O/c26-21-7-3-5-18(15-21)17-30-13-10-19(11-14-30)24(23-9-1-2-12-28-23)29-25(31)20-6-4-8-22(27)16-20/h1-9,12,15-16,19,24H,10-11,13-14,17H2,(H,29,31)/t24-/m0/s1. The number of piperidine rings is 1. The van der Waals surface area contributed by atoms with Crippen LogP contribution >= 0.6 is 0 Å². The molecule has 1 amide bonds. The first kappa shape index (κ1) is 21.1. The van der Waals surface area contributed by atoms with Crippen LogP contribution in [-0.4, -0.2) is 28.9 Å². The van der Waals surface area contributed by atoms with E-state index in [-0.39, 0.29) is 23.7 Å². The fourth-order valence-corrected chi connectivity index (χ4v) is 4.19. The lowest BCUT2D eigenvalue weighted by Gasteiger charge is -2.36. The van der Waals surface area contributed by atoms with Crippen molar-refractivity contribution in [1.29, 1.82) is 0 Å². The van der Waals surface area contributed by atoms with Gasteiger partial charge < -0.3 is 5.32 Å². The van der Waals surface area contributed by atoms with Gasteiger partial charge in [-0.2, -0.15) is 0 Å². The zero-order valence-corrected chi connectivity index (χ0v) is 17.2. The van der Waals surface area contributed by atoms with Gasteiger partial charge in [0.05, 0.1) is 11.7 Å². The molecule has 4 nitrogen and oxygen atoms in total. The fraction of sp³-hybridized carbons (Fsp3) is 0.280. The Balaban J connectivity index is 1.45. The molecule has 1 atom stereocenters. The number of carbonyl (C=O) groups is 1. The lowest BCUT2D eigenvalue weighted by Crippen LogP contribution is -2.40. The van der Waals surface area contributed by atoms with Gasteiger partial charge in [-0.15, -0.1) is 0 Å². The predicted molar refractivity (Wildman–Crippen MR) is 115 cm³/mol. The molecule has 1 aliphatic rings. The van der Waals surface area contributed by atoms with Crippen LogP contribution in [0.15, 0.2) is 72.9 Å². The normalized spacial score (nSPS) is 16.1. The van der Waals surface area contributed by atoms with Crippen molar-refractivity contribution < 1.29 is 13.6 Å². The molecule has 1 N–H and O–H groups in total. The maximum absolute atomic E-state index is 13.6. The van der Waals surface area contributed by atoms with E-state index in [0.29, 0.717) is 12.1 Å². The minimum absolute atomic E-state index is 0.205. The molecule has 0 bridgehead atoms. The molecule has 4 rings (SSSR count). The van der Waals surface area contributed by atoms with Crippen molar-refractivity contribution in [2.45, 2.75) is 25.4 Å². The maximum Gasteiger partial charge on any atom is 0.251 e. The molecule has 0 spiro atoms. The van der Waals surface area contributed by atoms with Crippen molar-refractivity contribution in [3.05, 3.63) is 101 Å². The van der Waals surface area contributed by atoms with Crippen molar-refractivity contribution in [1.82, 2.24) is 15.2 Å². The number of benzene rings is 2. The SMILES string of the molecule is O=C(N[C@H](c1ccccn1)C1CCN(Cc2cccc(F)c2)CC1)c1cccc(F)c1. The van der Waals surface area contributed by atoms with Crippen LogP contribution in [0.4, 0.5) is 8.78 Å². The Hall–Kier alpha value is -3.12. The van der Waals surface area contributed by atoms with E-state index in [4.69, 9.17) is 0 Å². The quantitative estimate of drug-likeness (QED) is 0.625. The average Bonchev–Trinajstić information content (AvgIpc) is 2.79. The van der Waals surface area contributed by atoms with Crippen LogP contribution in [0.5, 0.6) is 0 Å². The zero-order chi connectivity index (χ0) is 21.6. The van der Waals surface area contributed by atoms with E-state index in [0.717, 1.165) is 37.2 Å². The molecule has 6 heteroatoms. The van der Waals surface area contributed by atoms with Gasteiger partial charge in [0.2, 0.25) is 0 Å². The molecular formula is C25H25F2N3O. The van der Waals surface area contributed by atoms with Gasteiger partial charge in [-0.05, 0) is 79.9 Å². The third-order valence-corrected chi connectivity index (χ3v) is 5.78. The summed E-state index contributed by atoms with van der Waals surface area (Å²) in [5.41, 5.74) is 2.06. The minimum atomic E-state index is -0.437. The smallest absolute Gasteiger partial charge is 0.251 e. The van der Waals surface area contributed by atoms with Gasteiger partial charge in [0.15, 0.2) is 0 Å². The van der Waals surface area contributed by atoms with Crippen LogP contribution in [-0.2, 0) is 6.54 Å². The summed E-state index contributed by atoms with van der Waals surface area (Å²) in [6.07, 6.45) is 3.47. The van der Waals surface area contributed by atoms with Gasteiger partial charge in [-0.1, -0.05) is 24.3 Å². The molecular weight excluding hydrogens is 396 g/mol. The molecule has 160 valence electrons. The Kier molecular flexibility index (Phi) is 6.67. The van der Waals surface area contributed by atoms with E-state index in [1.54, 1.807) is 24.4 Å². The first-order valence-electron chi connectivity index (χ1n) is 10.5. The van der Waals surface area contributed by atoms with E-state index < -0.39 is 5.82 Å². The number of aromatic nitrogens is 1. The van der Waals surface area contributed by atoms with Gasteiger partial charge >= 0.3 is 0 Å². The topological polar surface area (TPSA) is 45.2 Å². The second kappa shape index (κ2) is 9.79. The predicted octanol–water partition coefficient (Wildman–Crippen LogP) is 4.74. The first-order valence-corrected chi connectivity index (χ1v) is 10.5. The van der Waals surface area contributed by atoms with Crippen LogP contribution in [0.2, 0.25) is 0 Å². The van der Waals surface area contributed by atoms with Crippen molar-refractivity contribution >= 4 is 5.91 Å². The number of hydrogen-bond acceptors (Lipinski definition) is 3. The van der Waals surface area contributed by atoms with E-state index in [2.05, 4.69) is 15.2 Å².